The Bertz CT molecular complexity index is 1660. The summed E-state index contributed by atoms with van der Waals surface area (Å²) in [4.78, 5) is 41.1. The molecular weight excluding hydrogens is 739 g/mol. The second-order valence-electron chi connectivity index (χ2n) is 10.4. The SMILES string of the molecule is CCCCNc1c(-c2ccccc2-c2nnc(C)nn2)cc2c3c(cccc13)C(=O)N(CCNC(=O)CCC[CH2][Po])C2=O. The van der Waals surface area contributed by atoms with E-state index in [9.17, 15) is 14.4 Å². The normalized spacial score (nSPS) is 12.6. The van der Waals surface area contributed by atoms with Gasteiger partial charge >= 0.3 is 132 Å². The number of amides is 3. The Morgan fingerprint density at radius 2 is 1.56 bits per heavy atom. The van der Waals surface area contributed by atoms with Crippen molar-refractivity contribution in [1.82, 2.24) is 30.6 Å². The summed E-state index contributed by atoms with van der Waals surface area (Å²) < 4.78 is 1.11. The molecule has 221 valence electrons. The van der Waals surface area contributed by atoms with Crippen LogP contribution in [0.25, 0.3) is 33.3 Å². The first-order valence-electron chi connectivity index (χ1n) is 14.6. The van der Waals surface area contributed by atoms with Gasteiger partial charge in [-0.15, -0.1) is 20.4 Å². The molecule has 0 atom stereocenters. The van der Waals surface area contributed by atoms with Gasteiger partial charge in [-0.25, -0.2) is 0 Å². The van der Waals surface area contributed by atoms with Crippen LogP contribution in [0.1, 0.15) is 65.6 Å². The van der Waals surface area contributed by atoms with Crippen molar-refractivity contribution in [2.24, 2.45) is 0 Å². The molecule has 3 aromatic carbocycles. The first-order chi connectivity index (χ1) is 20.9. The van der Waals surface area contributed by atoms with Crippen molar-refractivity contribution < 1.29 is 14.4 Å². The van der Waals surface area contributed by atoms with Crippen LogP contribution in [0.4, 0.5) is 5.69 Å². The molecule has 1 aliphatic rings. The van der Waals surface area contributed by atoms with Crippen molar-refractivity contribution in [2.75, 3.05) is 25.0 Å². The summed E-state index contributed by atoms with van der Waals surface area (Å²) in [5.74, 6) is 0.0446. The van der Waals surface area contributed by atoms with Gasteiger partial charge in [0.1, 0.15) is 0 Å². The predicted molar refractivity (Wildman–Crippen MR) is 167 cm³/mol. The number of nitrogens with zero attached hydrogens (tertiary/aromatic N) is 5. The van der Waals surface area contributed by atoms with Crippen molar-refractivity contribution in [1.29, 1.82) is 0 Å². The summed E-state index contributed by atoms with van der Waals surface area (Å²) in [7, 11) is 0. The summed E-state index contributed by atoms with van der Waals surface area (Å²) in [5, 5.41) is 24.7. The Labute approximate surface area is 266 Å². The van der Waals surface area contributed by atoms with Crippen LogP contribution in [-0.2, 0) is 4.79 Å². The van der Waals surface area contributed by atoms with Gasteiger partial charge in [-0.1, -0.05) is 49.7 Å². The van der Waals surface area contributed by atoms with Crippen molar-refractivity contribution in [3.05, 3.63) is 65.5 Å². The van der Waals surface area contributed by atoms with Crippen molar-refractivity contribution in [2.45, 2.75) is 50.0 Å². The van der Waals surface area contributed by atoms with E-state index < -0.39 is 0 Å². The van der Waals surface area contributed by atoms with Gasteiger partial charge < -0.3 is 5.32 Å². The van der Waals surface area contributed by atoms with Crippen LogP contribution in [0.2, 0.25) is 4.08 Å². The number of carbonyl (C=O) groups excluding carboxylic acids is 3. The predicted octanol–water partition coefficient (Wildman–Crippen LogP) is 4.74. The van der Waals surface area contributed by atoms with Crippen LogP contribution in [0.5, 0.6) is 0 Å². The fourth-order valence-electron chi connectivity index (χ4n) is 5.29. The Kier molecular flexibility index (Phi) is 10.0. The molecule has 2 heterocycles. The molecule has 43 heavy (non-hydrogen) atoms. The van der Waals surface area contributed by atoms with Crippen molar-refractivity contribution in [3.8, 4) is 22.5 Å². The van der Waals surface area contributed by atoms with E-state index in [-0.39, 0.29) is 30.8 Å². The molecule has 0 saturated carbocycles. The van der Waals surface area contributed by atoms with Gasteiger partial charge in [0.25, 0.3) is 0 Å². The number of hydrogen-bond acceptors (Lipinski definition) is 8. The minimum absolute atomic E-state index is 0.0631. The van der Waals surface area contributed by atoms with E-state index in [1.54, 1.807) is 13.0 Å². The average molecular weight is 774 g/mol. The Morgan fingerprint density at radius 3 is 2.30 bits per heavy atom. The molecule has 11 heteroatoms. The van der Waals surface area contributed by atoms with Crippen LogP contribution in [0, 0.1) is 6.92 Å². The number of rotatable bonds is 13. The molecule has 1 radical (unpaired) electrons. The van der Waals surface area contributed by atoms with Gasteiger partial charge in [-0.3, -0.25) is 0 Å². The standard InChI is InChI=1S/C32H34N7O3.Po/c1-4-6-15-27(40)33-17-18-39-31(41)24-14-10-13-23-28(24)26(32(39)42)19-25(29(23)34-16-7-5-2)21-11-8-9-12-22(21)30-37-35-20(3)36-38-30;/h8-14,19,34H,1,4-7,15-18H2,2-3H3,(H,33,40);. The van der Waals surface area contributed by atoms with Gasteiger partial charge in [-0.2, -0.15) is 0 Å². The molecule has 2 N–H and O–H groups in total. The molecule has 0 fully saturated rings. The van der Waals surface area contributed by atoms with Gasteiger partial charge in [0, 0.05) is 23.1 Å². The van der Waals surface area contributed by atoms with E-state index in [0.29, 0.717) is 34.6 Å². The number of hydrogen-bond donors (Lipinski definition) is 2. The van der Waals surface area contributed by atoms with E-state index in [1.807, 2.05) is 42.5 Å². The molecule has 3 amide bonds. The second kappa shape index (κ2) is 14.1. The molecule has 10 nitrogen and oxygen atoms in total. The molecule has 4 aromatic rings. The molecule has 0 spiro atoms. The number of anilines is 1. The zero-order valence-electron chi connectivity index (χ0n) is 24.4. The van der Waals surface area contributed by atoms with Crippen LogP contribution >= 0.6 is 0 Å². The molecule has 0 aliphatic carbocycles. The summed E-state index contributed by atoms with van der Waals surface area (Å²) in [5.41, 5.74) is 4.09. The topological polar surface area (TPSA) is 130 Å². The molecule has 0 saturated heterocycles. The van der Waals surface area contributed by atoms with Gasteiger partial charge in [0.15, 0.2) is 5.82 Å². The Morgan fingerprint density at radius 1 is 0.837 bits per heavy atom. The van der Waals surface area contributed by atoms with Crippen LogP contribution in [0.15, 0.2) is 48.5 Å². The summed E-state index contributed by atoms with van der Waals surface area (Å²) in [6.07, 6.45) is 4.28. The number of aromatic nitrogens is 4. The van der Waals surface area contributed by atoms with Crippen LogP contribution < -0.4 is 10.6 Å². The summed E-state index contributed by atoms with van der Waals surface area (Å²) in [6.45, 7) is 4.88. The Balaban J connectivity index is 1.58. The fourth-order valence-corrected chi connectivity index (χ4v) is 6.09. The van der Waals surface area contributed by atoms with E-state index in [2.05, 4.69) is 38.0 Å². The zero-order valence-corrected chi connectivity index (χ0v) is 27.5. The number of benzene rings is 3. The first kappa shape index (κ1) is 30.6. The second-order valence-corrected chi connectivity index (χ2v) is 12.0. The van der Waals surface area contributed by atoms with Gasteiger partial charge in [0.2, 0.25) is 5.82 Å². The number of nitrogens with one attached hydrogen (secondary N) is 2. The summed E-state index contributed by atoms with van der Waals surface area (Å²) >= 11 is 1.51. The summed E-state index contributed by atoms with van der Waals surface area (Å²) in [6, 6.07) is 15.1. The molecule has 1 aromatic heterocycles. The maximum atomic E-state index is 14.0. The van der Waals surface area contributed by atoms with E-state index in [1.165, 1.54) is 30.0 Å². The van der Waals surface area contributed by atoms with E-state index in [0.717, 1.165) is 64.1 Å². The maximum absolute atomic E-state index is 14.0. The van der Waals surface area contributed by atoms with E-state index >= 15 is 0 Å². The third kappa shape index (κ3) is 6.57. The third-order valence-electron chi connectivity index (χ3n) is 7.44. The monoisotopic (exact) mass is 773 g/mol. The molecule has 5 rings (SSSR count). The first-order valence-corrected chi connectivity index (χ1v) is 16.9. The zero-order chi connectivity index (χ0) is 30.3. The number of unbranched alkanes of at least 4 members (excludes halogenated alkanes) is 2. The molecule has 0 unspecified atom stereocenters. The number of aryl methyl sites for hydroxylation is 1. The van der Waals surface area contributed by atoms with Crippen LogP contribution in [-0.4, -0.2) is 87.7 Å². The van der Waals surface area contributed by atoms with Crippen molar-refractivity contribution in [3.63, 3.8) is 0 Å². The number of carbonyl (C=O) groups is 3. The van der Waals surface area contributed by atoms with Crippen LogP contribution in [0.3, 0.4) is 0 Å². The van der Waals surface area contributed by atoms with E-state index in [4.69, 9.17) is 0 Å². The average Bonchev–Trinajstić information content (AvgIpc) is 3.02. The van der Waals surface area contributed by atoms with Gasteiger partial charge in [-0.05, 0) is 18.9 Å². The third-order valence-corrected chi connectivity index (χ3v) is 8.56. The fraction of sp³-hybridized carbons (Fsp3) is 0.344. The van der Waals surface area contributed by atoms with Crippen molar-refractivity contribution >= 4 is 59.2 Å². The molecule has 0 bridgehead atoms. The quantitative estimate of drug-likeness (QED) is 0.147. The Hall–Kier alpha value is -3.83. The minimum atomic E-state index is -0.384. The number of imide groups is 1. The van der Waals surface area contributed by atoms with Gasteiger partial charge in [0.05, 0.1) is 5.69 Å². The molecular formula is C32H34N7O3Po. The molecule has 1 aliphatic heterocycles.